The van der Waals surface area contributed by atoms with Gasteiger partial charge in [-0.1, -0.05) is 30.3 Å². The first-order valence-electron chi connectivity index (χ1n) is 8.40. The van der Waals surface area contributed by atoms with E-state index >= 15 is 0 Å². The van der Waals surface area contributed by atoms with E-state index in [2.05, 4.69) is 20.8 Å². The maximum Gasteiger partial charge on any atom is 0.272 e. The van der Waals surface area contributed by atoms with Gasteiger partial charge in [-0.2, -0.15) is 0 Å². The predicted molar refractivity (Wildman–Crippen MR) is 101 cm³/mol. The number of aromatic nitrogens is 2. The average Bonchev–Trinajstić information content (AvgIpc) is 2.69. The van der Waals surface area contributed by atoms with Crippen molar-refractivity contribution in [1.29, 1.82) is 0 Å². The topological polar surface area (TPSA) is 76.1 Å². The molecule has 0 aliphatic heterocycles. The lowest BCUT2D eigenvalue weighted by molar-refractivity contribution is 0.0945. The third-order valence-corrected chi connectivity index (χ3v) is 3.63. The molecule has 0 saturated heterocycles. The van der Waals surface area contributed by atoms with Crippen LogP contribution in [-0.2, 0) is 6.54 Å². The molecule has 0 unspecified atom stereocenters. The van der Waals surface area contributed by atoms with E-state index in [9.17, 15) is 4.79 Å². The second-order valence-electron chi connectivity index (χ2n) is 5.55. The summed E-state index contributed by atoms with van der Waals surface area (Å²) in [6.07, 6.45) is 0. The highest BCUT2D eigenvalue weighted by atomic mass is 16.5. The van der Waals surface area contributed by atoms with Crippen LogP contribution in [0.3, 0.4) is 0 Å². The van der Waals surface area contributed by atoms with Gasteiger partial charge in [0.15, 0.2) is 11.5 Å². The predicted octanol–water partition coefficient (Wildman–Crippen LogP) is 3.55. The van der Waals surface area contributed by atoms with Crippen LogP contribution in [0.15, 0.2) is 66.7 Å². The van der Waals surface area contributed by atoms with Crippen molar-refractivity contribution in [1.82, 2.24) is 15.5 Å². The summed E-state index contributed by atoms with van der Waals surface area (Å²) in [7, 11) is 0. The van der Waals surface area contributed by atoms with Gasteiger partial charge in [-0.25, -0.2) is 0 Å². The van der Waals surface area contributed by atoms with Gasteiger partial charge in [0, 0.05) is 12.2 Å². The second kappa shape index (κ2) is 8.62. The third-order valence-electron chi connectivity index (χ3n) is 3.63. The molecule has 0 aliphatic carbocycles. The van der Waals surface area contributed by atoms with Gasteiger partial charge in [-0.15, -0.1) is 10.2 Å². The Morgan fingerprint density at radius 2 is 1.73 bits per heavy atom. The summed E-state index contributed by atoms with van der Waals surface area (Å²) in [5, 5.41) is 14.0. The summed E-state index contributed by atoms with van der Waals surface area (Å²) >= 11 is 0. The van der Waals surface area contributed by atoms with Crippen molar-refractivity contribution < 1.29 is 9.53 Å². The Bertz CT molecular complexity index is 834. The molecule has 6 heteroatoms. The molecule has 0 bridgehead atoms. The van der Waals surface area contributed by atoms with Crippen LogP contribution >= 0.6 is 0 Å². The standard InChI is InChI=1S/C20H20N4O2/c1-2-26-17-10-8-16(9-11-17)22-19-13-12-18(23-24-19)20(25)21-14-15-6-4-3-5-7-15/h3-13H,2,14H2,1H3,(H,21,25)(H,22,24). The van der Waals surface area contributed by atoms with Gasteiger partial charge < -0.3 is 15.4 Å². The van der Waals surface area contributed by atoms with Crippen LogP contribution in [-0.4, -0.2) is 22.7 Å². The summed E-state index contributed by atoms with van der Waals surface area (Å²) in [6.45, 7) is 3.03. The normalized spacial score (nSPS) is 10.2. The van der Waals surface area contributed by atoms with E-state index in [0.717, 1.165) is 17.0 Å². The van der Waals surface area contributed by atoms with Crippen LogP contribution in [0.25, 0.3) is 0 Å². The zero-order valence-corrected chi connectivity index (χ0v) is 14.5. The first kappa shape index (κ1) is 17.4. The number of carbonyl (C=O) groups is 1. The number of nitrogens with zero attached hydrogens (tertiary/aromatic N) is 2. The molecular weight excluding hydrogens is 328 g/mol. The van der Waals surface area contributed by atoms with Gasteiger partial charge in [-0.3, -0.25) is 4.79 Å². The van der Waals surface area contributed by atoms with Crippen molar-refractivity contribution in [2.45, 2.75) is 13.5 Å². The van der Waals surface area contributed by atoms with Crippen LogP contribution in [0, 0.1) is 0 Å². The maximum absolute atomic E-state index is 12.1. The minimum Gasteiger partial charge on any atom is -0.494 e. The van der Waals surface area contributed by atoms with Crippen LogP contribution in [0.4, 0.5) is 11.5 Å². The van der Waals surface area contributed by atoms with Crippen LogP contribution in [0.1, 0.15) is 23.0 Å². The molecular formula is C20H20N4O2. The summed E-state index contributed by atoms with van der Waals surface area (Å²) in [5.74, 6) is 1.12. The monoisotopic (exact) mass is 348 g/mol. The molecule has 2 N–H and O–H groups in total. The molecule has 2 aromatic carbocycles. The number of amides is 1. The lowest BCUT2D eigenvalue weighted by atomic mass is 10.2. The minimum atomic E-state index is -0.256. The first-order chi connectivity index (χ1) is 12.7. The SMILES string of the molecule is CCOc1ccc(Nc2ccc(C(=O)NCc3ccccc3)nn2)cc1. The molecule has 0 fully saturated rings. The van der Waals surface area contributed by atoms with Crippen molar-refractivity contribution in [2.75, 3.05) is 11.9 Å². The quantitative estimate of drug-likeness (QED) is 0.683. The summed E-state index contributed by atoms with van der Waals surface area (Å²) in [6, 6.07) is 20.6. The third kappa shape index (κ3) is 4.80. The minimum absolute atomic E-state index is 0.256. The van der Waals surface area contributed by atoms with E-state index in [4.69, 9.17) is 4.74 Å². The molecule has 0 aliphatic rings. The highest BCUT2D eigenvalue weighted by molar-refractivity contribution is 5.92. The summed E-state index contributed by atoms with van der Waals surface area (Å²) in [5.41, 5.74) is 2.17. The van der Waals surface area contributed by atoms with E-state index in [1.54, 1.807) is 12.1 Å². The van der Waals surface area contributed by atoms with Gasteiger partial charge in [0.2, 0.25) is 0 Å². The Kier molecular flexibility index (Phi) is 5.77. The molecule has 132 valence electrons. The smallest absolute Gasteiger partial charge is 0.272 e. The lowest BCUT2D eigenvalue weighted by Gasteiger charge is -2.08. The van der Waals surface area contributed by atoms with Gasteiger partial charge >= 0.3 is 0 Å². The van der Waals surface area contributed by atoms with Crippen molar-refractivity contribution in [3.8, 4) is 5.75 Å². The van der Waals surface area contributed by atoms with Crippen molar-refractivity contribution in [2.24, 2.45) is 0 Å². The Morgan fingerprint density at radius 1 is 0.962 bits per heavy atom. The average molecular weight is 348 g/mol. The van der Waals surface area contributed by atoms with Crippen LogP contribution < -0.4 is 15.4 Å². The molecule has 0 radical (unpaired) electrons. The number of anilines is 2. The first-order valence-corrected chi connectivity index (χ1v) is 8.40. The zero-order chi connectivity index (χ0) is 18.2. The van der Waals surface area contributed by atoms with E-state index in [1.165, 1.54) is 0 Å². The molecule has 26 heavy (non-hydrogen) atoms. The lowest BCUT2D eigenvalue weighted by Crippen LogP contribution is -2.24. The van der Waals surface area contributed by atoms with Crippen LogP contribution in [0.5, 0.6) is 5.75 Å². The fraction of sp³-hybridized carbons (Fsp3) is 0.150. The number of hydrogen-bond donors (Lipinski definition) is 2. The van der Waals surface area contributed by atoms with E-state index < -0.39 is 0 Å². The zero-order valence-electron chi connectivity index (χ0n) is 14.5. The van der Waals surface area contributed by atoms with Gasteiger partial charge in [0.05, 0.1) is 6.61 Å². The van der Waals surface area contributed by atoms with Crippen LogP contribution in [0.2, 0.25) is 0 Å². The highest BCUT2D eigenvalue weighted by Gasteiger charge is 2.08. The molecule has 1 heterocycles. The number of hydrogen-bond acceptors (Lipinski definition) is 5. The molecule has 0 spiro atoms. The summed E-state index contributed by atoms with van der Waals surface area (Å²) in [4.78, 5) is 12.1. The largest absolute Gasteiger partial charge is 0.494 e. The van der Waals surface area contributed by atoms with Gasteiger partial charge in [0.1, 0.15) is 5.75 Å². The number of rotatable bonds is 7. The molecule has 1 aromatic heterocycles. The second-order valence-corrected chi connectivity index (χ2v) is 5.55. The molecule has 0 atom stereocenters. The highest BCUT2D eigenvalue weighted by Crippen LogP contribution is 2.18. The summed E-state index contributed by atoms with van der Waals surface area (Å²) < 4.78 is 5.41. The molecule has 3 aromatic rings. The Hall–Kier alpha value is -3.41. The Balaban J connectivity index is 1.56. The van der Waals surface area contributed by atoms with E-state index in [0.29, 0.717) is 19.0 Å². The number of carbonyl (C=O) groups excluding carboxylic acids is 1. The maximum atomic E-state index is 12.1. The Labute approximate surface area is 152 Å². The van der Waals surface area contributed by atoms with Crippen molar-refractivity contribution >= 4 is 17.4 Å². The van der Waals surface area contributed by atoms with E-state index in [-0.39, 0.29) is 11.6 Å². The molecule has 0 saturated carbocycles. The Morgan fingerprint density at radius 3 is 2.38 bits per heavy atom. The van der Waals surface area contributed by atoms with Crippen molar-refractivity contribution in [3.05, 3.63) is 78.0 Å². The molecule has 6 nitrogen and oxygen atoms in total. The van der Waals surface area contributed by atoms with E-state index in [1.807, 2.05) is 61.5 Å². The van der Waals surface area contributed by atoms with Gasteiger partial charge in [0.25, 0.3) is 5.91 Å². The number of nitrogens with one attached hydrogen (secondary N) is 2. The number of ether oxygens (including phenoxy) is 1. The van der Waals surface area contributed by atoms with Crippen molar-refractivity contribution in [3.63, 3.8) is 0 Å². The molecule has 3 rings (SSSR count). The fourth-order valence-electron chi connectivity index (χ4n) is 2.34. The van der Waals surface area contributed by atoms with Gasteiger partial charge in [-0.05, 0) is 48.9 Å². The number of benzene rings is 2. The molecule has 1 amide bonds. The fourth-order valence-corrected chi connectivity index (χ4v) is 2.34.